The summed E-state index contributed by atoms with van der Waals surface area (Å²) in [7, 11) is 0. The van der Waals surface area contributed by atoms with Crippen LogP contribution >= 0.6 is 0 Å². The van der Waals surface area contributed by atoms with Gasteiger partial charge in [0.2, 0.25) is 0 Å². The molecule has 0 saturated carbocycles. The number of hydrogen-bond donors (Lipinski definition) is 0. The molecule has 1 aromatic heterocycles. The molecule has 0 spiro atoms. The molecule has 2 aromatic carbocycles. The molecule has 1 heterocycles. The SMILES string of the molecule is Cc1cc(COc2ccc(CC#N)cc2)n(-c2ccccc2)n1. The summed E-state index contributed by atoms with van der Waals surface area (Å²) in [6, 6.07) is 21.8. The predicted molar refractivity (Wildman–Crippen MR) is 88.4 cm³/mol. The Labute approximate surface area is 135 Å². The number of para-hydroxylation sites is 1. The van der Waals surface area contributed by atoms with Crippen LogP contribution in [0.2, 0.25) is 0 Å². The third-order valence-electron chi connectivity index (χ3n) is 3.50. The highest BCUT2D eigenvalue weighted by Gasteiger charge is 2.08. The second kappa shape index (κ2) is 6.80. The van der Waals surface area contributed by atoms with E-state index < -0.39 is 0 Å². The van der Waals surface area contributed by atoms with E-state index in [-0.39, 0.29) is 0 Å². The van der Waals surface area contributed by atoms with E-state index in [0.717, 1.165) is 28.4 Å². The van der Waals surface area contributed by atoms with Gasteiger partial charge in [0.25, 0.3) is 0 Å². The van der Waals surface area contributed by atoms with E-state index in [4.69, 9.17) is 10.00 Å². The van der Waals surface area contributed by atoms with Crippen molar-refractivity contribution >= 4 is 0 Å². The molecule has 3 rings (SSSR count). The summed E-state index contributed by atoms with van der Waals surface area (Å²) in [6.45, 7) is 2.41. The molecular formula is C19H17N3O. The summed E-state index contributed by atoms with van der Waals surface area (Å²) >= 11 is 0. The lowest BCUT2D eigenvalue weighted by molar-refractivity contribution is 0.297. The van der Waals surface area contributed by atoms with Crippen LogP contribution in [-0.2, 0) is 13.0 Å². The maximum Gasteiger partial charge on any atom is 0.130 e. The fourth-order valence-electron chi connectivity index (χ4n) is 2.40. The molecule has 0 fully saturated rings. The molecule has 0 unspecified atom stereocenters. The van der Waals surface area contributed by atoms with Gasteiger partial charge in [0.1, 0.15) is 12.4 Å². The van der Waals surface area contributed by atoms with Gasteiger partial charge in [-0.1, -0.05) is 30.3 Å². The van der Waals surface area contributed by atoms with Crippen molar-refractivity contribution in [2.75, 3.05) is 0 Å². The van der Waals surface area contributed by atoms with Crippen molar-refractivity contribution in [3.05, 3.63) is 77.6 Å². The van der Waals surface area contributed by atoms with E-state index in [2.05, 4.69) is 11.2 Å². The van der Waals surface area contributed by atoms with E-state index >= 15 is 0 Å². The first-order chi connectivity index (χ1) is 11.3. The molecule has 3 aromatic rings. The van der Waals surface area contributed by atoms with Crippen molar-refractivity contribution in [2.24, 2.45) is 0 Å². The largest absolute Gasteiger partial charge is 0.487 e. The molecule has 0 N–H and O–H groups in total. The highest BCUT2D eigenvalue weighted by Crippen LogP contribution is 2.17. The van der Waals surface area contributed by atoms with Crippen molar-refractivity contribution in [1.82, 2.24) is 9.78 Å². The van der Waals surface area contributed by atoms with Crippen LogP contribution in [0.25, 0.3) is 5.69 Å². The van der Waals surface area contributed by atoms with Crippen LogP contribution in [0.4, 0.5) is 0 Å². The first kappa shape index (κ1) is 14.9. The topological polar surface area (TPSA) is 50.8 Å². The zero-order chi connectivity index (χ0) is 16.1. The second-order valence-electron chi connectivity index (χ2n) is 5.29. The normalized spacial score (nSPS) is 10.3. The van der Waals surface area contributed by atoms with Crippen molar-refractivity contribution in [3.63, 3.8) is 0 Å². The van der Waals surface area contributed by atoms with E-state index in [1.54, 1.807) is 0 Å². The van der Waals surface area contributed by atoms with Gasteiger partial charge in [-0.25, -0.2) is 4.68 Å². The van der Waals surface area contributed by atoms with Gasteiger partial charge in [-0.2, -0.15) is 10.4 Å². The molecule has 0 saturated heterocycles. The lowest BCUT2D eigenvalue weighted by atomic mass is 10.2. The first-order valence-corrected chi connectivity index (χ1v) is 7.46. The molecule has 23 heavy (non-hydrogen) atoms. The minimum Gasteiger partial charge on any atom is -0.487 e. The molecular weight excluding hydrogens is 286 g/mol. The summed E-state index contributed by atoms with van der Waals surface area (Å²) < 4.78 is 7.76. The van der Waals surface area contributed by atoms with Gasteiger partial charge in [0.05, 0.1) is 29.6 Å². The molecule has 0 aliphatic carbocycles. The first-order valence-electron chi connectivity index (χ1n) is 7.46. The van der Waals surface area contributed by atoms with Crippen LogP contribution in [-0.4, -0.2) is 9.78 Å². The second-order valence-corrected chi connectivity index (χ2v) is 5.29. The lowest BCUT2D eigenvalue weighted by Crippen LogP contribution is -2.05. The van der Waals surface area contributed by atoms with E-state index in [9.17, 15) is 0 Å². The van der Waals surface area contributed by atoms with E-state index in [1.807, 2.05) is 72.3 Å². The highest BCUT2D eigenvalue weighted by molar-refractivity contribution is 5.34. The van der Waals surface area contributed by atoms with Crippen LogP contribution in [0.3, 0.4) is 0 Å². The quantitative estimate of drug-likeness (QED) is 0.720. The molecule has 4 heteroatoms. The van der Waals surface area contributed by atoms with Gasteiger partial charge in [-0.3, -0.25) is 0 Å². The molecule has 0 aliphatic rings. The van der Waals surface area contributed by atoms with Crippen LogP contribution < -0.4 is 4.74 Å². The number of nitriles is 1. The Morgan fingerprint density at radius 2 is 1.83 bits per heavy atom. The number of hydrogen-bond acceptors (Lipinski definition) is 3. The third kappa shape index (κ3) is 3.58. The van der Waals surface area contributed by atoms with Crippen LogP contribution in [0, 0.1) is 18.3 Å². The van der Waals surface area contributed by atoms with Gasteiger partial charge in [-0.05, 0) is 42.8 Å². The number of aromatic nitrogens is 2. The fraction of sp³-hybridized carbons (Fsp3) is 0.158. The number of ether oxygens (including phenoxy) is 1. The lowest BCUT2D eigenvalue weighted by Gasteiger charge is -2.09. The van der Waals surface area contributed by atoms with Crippen molar-refractivity contribution in [2.45, 2.75) is 20.0 Å². The molecule has 4 nitrogen and oxygen atoms in total. The Morgan fingerprint density at radius 1 is 1.09 bits per heavy atom. The van der Waals surface area contributed by atoms with Gasteiger partial charge in [0, 0.05) is 0 Å². The maximum atomic E-state index is 8.69. The smallest absolute Gasteiger partial charge is 0.130 e. The average molecular weight is 303 g/mol. The maximum absolute atomic E-state index is 8.69. The Kier molecular flexibility index (Phi) is 4.39. The molecule has 0 bridgehead atoms. The van der Waals surface area contributed by atoms with Gasteiger partial charge in [-0.15, -0.1) is 0 Å². The summed E-state index contributed by atoms with van der Waals surface area (Å²) in [5.41, 5.74) is 3.96. The van der Waals surface area contributed by atoms with Crippen LogP contribution in [0.15, 0.2) is 60.7 Å². The summed E-state index contributed by atoms with van der Waals surface area (Å²) in [5.74, 6) is 0.783. The van der Waals surface area contributed by atoms with Crippen LogP contribution in [0.5, 0.6) is 5.75 Å². The van der Waals surface area contributed by atoms with Crippen LogP contribution in [0.1, 0.15) is 17.0 Å². The van der Waals surface area contributed by atoms with E-state index in [1.165, 1.54) is 0 Å². The number of rotatable bonds is 5. The van der Waals surface area contributed by atoms with Crippen molar-refractivity contribution in [3.8, 4) is 17.5 Å². The zero-order valence-corrected chi connectivity index (χ0v) is 12.9. The molecule has 0 aliphatic heterocycles. The number of benzene rings is 2. The Balaban J connectivity index is 1.75. The van der Waals surface area contributed by atoms with Gasteiger partial charge >= 0.3 is 0 Å². The minimum absolute atomic E-state index is 0.417. The zero-order valence-electron chi connectivity index (χ0n) is 12.9. The summed E-state index contributed by atoms with van der Waals surface area (Å²) in [5, 5.41) is 13.2. The monoisotopic (exact) mass is 303 g/mol. The summed E-state index contributed by atoms with van der Waals surface area (Å²) in [6.07, 6.45) is 0.417. The Morgan fingerprint density at radius 3 is 2.52 bits per heavy atom. The molecule has 114 valence electrons. The molecule has 0 atom stereocenters. The number of nitrogens with zero attached hydrogens (tertiary/aromatic N) is 3. The van der Waals surface area contributed by atoms with Gasteiger partial charge in [0.15, 0.2) is 0 Å². The fourth-order valence-corrected chi connectivity index (χ4v) is 2.40. The minimum atomic E-state index is 0.417. The summed E-state index contributed by atoms with van der Waals surface area (Å²) in [4.78, 5) is 0. The average Bonchev–Trinajstić information content (AvgIpc) is 2.96. The Hall–Kier alpha value is -3.06. The van der Waals surface area contributed by atoms with Crippen molar-refractivity contribution in [1.29, 1.82) is 5.26 Å². The Bertz CT molecular complexity index is 814. The van der Waals surface area contributed by atoms with Crippen molar-refractivity contribution < 1.29 is 4.74 Å². The highest BCUT2D eigenvalue weighted by atomic mass is 16.5. The third-order valence-corrected chi connectivity index (χ3v) is 3.50. The number of aryl methyl sites for hydroxylation is 1. The van der Waals surface area contributed by atoms with E-state index in [0.29, 0.717) is 13.0 Å². The van der Waals surface area contributed by atoms with Gasteiger partial charge < -0.3 is 4.74 Å². The molecule has 0 amide bonds. The standard InChI is InChI=1S/C19H17N3O/c1-15-13-18(22(21-15)17-5-3-2-4-6-17)14-23-19-9-7-16(8-10-19)11-12-20/h2-10,13H,11,14H2,1H3. The predicted octanol–water partition coefficient (Wildman–Crippen LogP) is 3.83. The molecule has 0 radical (unpaired) electrons.